The predicted octanol–water partition coefficient (Wildman–Crippen LogP) is 4.80. The first-order valence-electron chi connectivity index (χ1n) is 8.42. The molecule has 6 heteroatoms. The number of esters is 1. The highest BCUT2D eigenvalue weighted by Crippen LogP contribution is 2.34. The molecule has 0 aliphatic heterocycles. The second kappa shape index (κ2) is 11.5. The van der Waals surface area contributed by atoms with Crippen LogP contribution in [0.25, 0.3) is 0 Å². The summed E-state index contributed by atoms with van der Waals surface area (Å²) in [6, 6.07) is 7.80. The van der Waals surface area contributed by atoms with E-state index in [0.29, 0.717) is 31.3 Å². The summed E-state index contributed by atoms with van der Waals surface area (Å²) in [5, 5.41) is 0. The zero-order chi connectivity index (χ0) is 17.9. The van der Waals surface area contributed by atoms with Gasteiger partial charge in [-0.1, -0.05) is 30.5 Å². The van der Waals surface area contributed by atoms with Crippen molar-refractivity contribution in [3.8, 4) is 5.75 Å². The first kappa shape index (κ1) is 21.0. The van der Waals surface area contributed by atoms with Gasteiger partial charge in [0.25, 0.3) is 0 Å². The third kappa shape index (κ3) is 6.82. The van der Waals surface area contributed by atoms with E-state index < -0.39 is 8.46 Å². The number of carbonyl (C=O) groups is 1. The third-order valence-corrected chi connectivity index (χ3v) is 5.90. The average molecular weight is 371 g/mol. The largest absolute Gasteiger partial charge is 0.493 e. The Bertz CT molecular complexity index is 521. The average Bonchev–Trinajstić information content (AvgIpc) is 2.55. The molecular formula is C18H28O4PS+. The van der Waals surface area contributed by atoms with Crippen LogP contribution in [0, 0.1) is 11.8 Å². The highest BCUT2D eigenvalue weighted by atomic mass is 32.2. The molecule has 4 nitrogen and oxygen atoms in total. The number of para-hydroxylation sites is 1. The molecule has 0 amide bonds. The first-order chi connectivity index (χ1) is 11.5. The van der Waals surface area contributed by atoms with Crippen LogP contribution in [0.1, 0.15) is 34.1 Å². The lowest BCUT2D eigenvalue weighted by molar-refractivity contribution is -0.148. The molecule has 3 unspecified atom stereocenters. The Labute approximate surface area is 150 Å². The van der Waals surface area contributed by atoms with Gasteiger partial charge in [-0.05, 0) is 38.3 Å². The molecule has 0 saturated carbocycles. The van der Waals surface area contributed by atoms with E-state index >= 15 is 0 Å². The van der Waals surface area contributed by atoms with Crippen LogP contribution in [0.4, 0.5) is 0 Å². The molecule has 0 bridgehead atoms. The molecule has 0 aliphatic rings. The highest BCUT2D eigenvalue weighted by Gasteiger charge is 2.36. The van der Waals surface area contributed by atoms with E-state index in [1.165, 1.54) is 0 Å². The third-order valence-electron chi connectivity index (χ3n) is 3.52. The number of carbonyl (C=O) groups excluding carboxylic acids is 1. The molecule has 0 radical (unpaired) electrons. The zero-order valence-electron chi connectivity index (χ0n) is 14.9. The van der Waals surface area contributed by atoms with Crippen molar-refractivity contribution in [2.45, 2.75) is 44.7 Å². The van der Waals surface area contributed by atoms with Gasteiger partial charge in [0.1, 0.15) is 11.7 Å². The standard InChI is InChI=1S/C18H27O4PS/c1-5-21-15-9-7-8-10-17(15)24-12-16(23-20)14(11-13(3)4)18(19)22-6-2/h7-10,13-14,16H,5-6,11-12H2,1-4H3/p+1. The molecule has 0 fully saturated rings. The fourth-order valence-corrected chi connectivity index (χ4v) is 4.43. The Morgan fingerprint density at radius 2 is 1.92 bits per heavy atom. The molecule has 24 heavy (non-hydrogen) atoms. The molecule has 0 spiro atoms. The maximum atomic E-state index is 12.3. The van der Waals surface area contributed by atoms with Crippen LogP contribution < -0.4 is 4.74 Å². The topological polar surface area (TPSA) is 52.6 Å². The predicted molar refractivity (Wildman–Crippen MR) is 101 cm³/mol. The van der Waals surface area contributed by atoms with Crippen LogP contribution in [0.3, 0.4) is 0 Å². The maximum Gasteiger partial charge on any atom is 0.329 e. The van der Waals surface area contributed by atoms with Crippen molar-refractivity contribution in [1.29, 1.82) is 0 Å². The van der Waals surface area contributed by atoms with Crippen molar-refractivity contribution in [1.82, 2.24) is 0 Å². The summed E-state index contributed by atoms with van der Waals surface area (Å²) < 4.78 is 22.6. The van der Waals surface area contributed by atoms with Crippen LogP contribution in [0.15, 0.2) is 29.2 Å². The van der Waals surface area contributed by atoms with Gasteiger partial charge >= 0.3 is 14.4 Å². The van der Waals surface area contributed by atoms with Crippen LogP contribution in [0.5, 0.6) is 5.75 Å². The number of ether oxygens (including phenoxy) is 2. The molecule has 1 aromatic rings. The van der Waals surface area contributed by atoms with Gasteiger partial charge < -0.3 is 9.47 Å². The number of hydrogen-bond donors (Lipinski definition) is 0. The minimum atomic E-state index is -0.537. The van der Waals surface area contributed by atoms with Gasteiger partial charge in [-0.2, -0.15) is 0 Å². The molecule has 0 N–H and O–H groups in total. The lowest BCUT2D eigenvalue weighted by Gasteiger charge is -2.19. The summed E-state index contributed by atoms with van der Waals surface area (Å²) in [5.74, 6) is 1.21. The molecule has 0 aliphatic carbocycles. The van der Waals surface area contributed by atoms with Gasteiger partial charge in [-0.25, -0.2) is 0 Å². The fourth-order valence-electron chi connectivity index (χ4n) is 2.44. The lowest BCUT2D eigenvalue weighted by atomic mass is 9.94. The number of hydrogen-bond acceptors (Lipinski definition) is 5. The Balaban J connectivity index is 2.83. The molecule has 0 aromatic heterocycles. The molecule has 1 aromatic carbocycles. The van der Waals surface area contributed by atoms with Gasteiger partial charge in [0.15, 0.2) is 5.66 Å². The van der Waals surface area contributed by atoms with Crippen molar-refractivity contribution in [2.24, 2.45) is 11.8 Å². The van der Waals surface area contributed by atoms with E-state index in [2.05, 4.69) is 13.8 Å². The second-order valence-electron chi connectivity index (χ2n) is 5.90. The number of rotatable bonds is 11. The Kier molecular flexibility index (Phi) is 10.0. The second-order valence-corrected chi connectivity index (χ2v) is 7.94. The van der Waals surface area contributed by atoms with Crippen molar-refractivity contribution >= 4 is 26.2 Å². The minimum Gasteiger partial charge on any atom is -0.493 e. The van der Waals surface area contributed by atoms with Crippen LogP contribution >= 0.6 is 20.2 Å². The summed E-state index contributed by atoms with van der Waals surface area (Å²) in [7, 11) is -0.537. The van der Waals surface area contributed by atoms with E-state index in [9.17, 15) is 9.36 Å². The smallest absolute Gasteiger partial charge is 0.329 e. The van der Waals surface area contributed by atoms with Gasteiger partial charge in [0, 0.05) is 10.6 Å². The Morgan fingerprint density at radius 3 is 2.50 bits per heavy atom. The summed E-state index contributed by atoms with van der Waals surface area (Å²) in [6.07, 6.45) is 0.687. The molecule has 0 heterocycles. The quantitative estimate of drug-likeness (QED) is 0.318. The SMILES string of the molecule is CCOC(=O)C(CC(C)C)C(CSc1ccccc1OCC)[PH+]=O. The number of benzene rings is 1. The van der Waals surface area contributed by atoms with Gasteiger partial charge in [0.2, 0.25) is 0 Å². The van der Waals surface area contributed by atoms with Crippen molar-refractivity contribution in [3.05, 3.63) is 24.3 Å². The fraction of sp³-hybridized carbons (Fsp3) is 0.611. The van der Waals surface area contributed by atoms with E-state index in [1.807, 2.05) is 31.2 Å². The van der Waals surface area contributed by atoms with Gasteiger partial charge in [-0.3, -0.25) is 4.79 Å². The van der Waals surface area contributed by atoms with E-state index in [4.69, 9.17) is 9.47 Å². The summed E-state index contributed by atoms with van der Waals surface area (Å²) in [5.41, 5.74) is -0.217. The van der Waals surface area contributed by atoms with E-state index in [-0.39, 0.29) is 17.5 Å². The van der Waals surface area contributed by atoms with Crippen LogP contribution in [-0.2, 0) is 14.1 Å². The van der Waals surface area contributed by atoms with Crippen molar-refractivity contribution in [3.63, 3.8) is 0 Å². The van der Waals surface area contributed by atoms with E-state index in [1.54, 1.807) is 18.7 Å². The Hall–Kier alpha value is -1.06. The first-order valence-corrected chi connectivity index (χ1v) is 10.4. The number of thioether (sulfide) groups is 1. The van der Waals surface area contributed by atoms with Gasteiger partial charge in [-0.15, -0.1) is 11.8 Å². The minimum absolute atomic E-state index is 0.217. The monoisotopic (exact) mass is 371 g/mol. The molecule has 134 valence electrons. The highest BCUT2D eigenvalue weighted by molar-refractivity contribution is 7.99. The van der Waals surface area contributed by atoms with Crippen molar-refractivity contribution in [2.75, 3.05) is 19.0 Å². The molecule has 0 saturated heterocycles. The molecular weight excluding hydrogens is 343 g/mol. The maximum absolute atomic E-state index is 12.3. The van der Waals surface area contributed by atoms with Gasteiger partial charge in [0.05, 0.1) is 13.2 Å². The normalized spacial score (nSPS) is 13.7. The Morgan fingerprint density at radius 1 is 1.21 bits per heavy atom. The summed E-state index contributed by atoms with van der Waals surface area (Å²) in [4.78, 5) is 13.3. The van der Waals surface area contributed by atoms with Crippen LogP contribution in [-0.4, -0.2) is 30.6 Å². The van der Waals surface area contributed by atoms with E-state index in [0.717, 1.165) is 10.6 Å². The zero-order valence-corrected chi connectivity index (χ0v) is 16.7. The summed E-state index contributed by atoms with van der Waals surface area (Å²) >= 11 is 1.58. The molecule has 1 rings (SSSR count). The van der Waals surface area contributed by atoms with Crippen molar-refractivity contribution < 1.29 is 18.8 Å². The van der Waals surface area contributed by atoms with Crippen LogP contribution in [0.2, 0.25) is 0 Å². The lowest BCUT2D eigenvalue weighted by Crippen LogP contribution is -2.29. The molecule has 3 atom stereocenters. The summed E-state index contributed by atoms with van der Waals surface area (Å²) in [6.45, 7) is 8.82.